The standard InChI is InChI=1S/C25H27Cl2N3O4S/c1-4-28-25(32)17(2)30(15-20-9-11-21(26)14-23(20)27)24(31)16-29(3)35(33,34)22-12-10-18-7-5-6-8-19(18)13-22/h5-14,17H,4,15-16H2,1-3H3,(H,28,32). The molecule has 1 N–H and O–H groups in total. The van der Waals surface area contributed by atoms with Crippen molar-refractivity contribution in [1.29, 1.82) is 0 Å². The van der Waals surface area contributed by atoms with Crippen molar-refractivity contribution in [3.8, 4) is 0 Å². The van der Waals surface area contributed by atoms with E-state index in [1.165, 1.54) is 18.0 Å². The number of rotatable bonds is 9. The molecule has 0 bridgehead atoms. The first-order valence-electron chi connectivity index (χ1n) is 11.0. The van der Waals surface area contributed by atoms with E-state index in [0.29, 0.717) is 22.2 Å². The van der Waals surface area contributed by atoms with E-state index < -0.39 is 28.5 Å². The first-order valence-corrected chi connectivity index (χ1v) is 13.2. The van der Waals surface area contributed by atoms with Gasteiger partial charge in [-0.1, -0.05) is 59.6 Å². The molecule has 3 aromatic carbocycles. The van der Waals surface area contributed by atoms with Crippen LogP contribution in [-0.4, -0.2) is 55.6 Å². The van der Waals surface area contributed by atoms with Gasteiger partial charge in [-0.05, 0) is 54.4 Å². The van der Waals surface area contributed by atoms with Crippen LogP contribution in [0.4, 0.5) is 0 Å². The highest BCUT2D eigenvalue weighted by Gasteiger charge is 2.30. The summed E-state index contributed by atoms with van der Waals surface area (Å²) < 4.78 is 27.4. The number of likely N-dealkylation sites (N-methyl/N-ethyl adjacent to an activating group) is 2. The van der Waals surface area contributed by atoms with Crippen molar-refractivity contribution >= 4 is 55.8 Å². The van der Waals surface area contributed by atoms with Crippen molar-refractivity contribution in [1.82, 2.24) is 14.5 Å². The third-order valence-electron chi connectivity index (χ3n) is 5.66. The highest BCUT2D eigenvalue weighted by atomic mass is 35.5. The molecule has 1 unspecified atom stereocenters. The molecule has 186 valence electrons. The second kappa shape index (κ2) is 11.4. The van der Waals surface area contributed by atoms with Crippen molar-refractivity contribution in [2.75, 3.05) is 20.1 Å². The molecule has 0 saturated carbocycles. The fraction of sp³-hybridized carbons (Fsp3) is 0.280. The number of carbonyl (C=O) groups is 2. The highest BCUT2D eigenvalue weighted by molar-refractivity contribution is 7.89. The molecular weight excluding hydrogens is 509 g/mol. The van der Waals surface area contributed by atoms with E-state index in [1.807, 2.05) is 24.3 Å². The summed E-state index contributed by atoms with van der Waals surface area (Å²) in [5.74, 6) is -0.896. The molecule has 7 nitrogen and oxygen atoms in total. The molecular formula is C25H27Cl2N3O4S. The minimum absolute atomic E-state index is 0.0109. The highest BCUT2D eigenvalue weighted by Crippen LogP contribution is 2.24. The van der Waals surface area contributed by atoms with Gasteiger partial charge in [-0.15, -0.1) is 0 Å². The summed E-state index contributed by atoms with van der Waals surface area (Å²) >= 11 is 12.3. The molecule has 0 aliphatic rings. The Labute approximate surface area is 215 Å². The number of nitrogens with one attached hydrogen (secondary N) is 1. The Hall–Kier alpha value is -2.65. The lowest BCUT2D eigenvalue weighted by Crippen LogP contribution is -2.50. The minimum Gasteiger partial charge on any atom is -0.355 e. The summed E-state index contributed by atoms with van der Waals surface area (Å²) in [6.07, 6.45) is 0. The van der Waals surface area contributed by atoms with Crippen LogP contribution in [-0.2, 0) is 26.2 Å². The Bertz CT molecular complexity index is 1350. The zero-order chi connectivity index (χ0) is 25.8. The van der Waals surface area contributed by atoms with E-state index in [2.05, 4.69) is 5.32 Å². The van der Waals surface area contributed by atoms with Gasteiger partial charge in [-0.3, -0.25) is 9.59 Å². The number of hydrogen-bond donors (Lipinski definition) is 1. The lowest BCUT2D eigenvalue weighted by Gasteiger charge is -2.30. The van der Waals surface area contributed by atoms with Crippen molar-refractivity contribution in [2.24, 2.45) is 0 Å². The second-order valence-corrected chi connectivity index (χ2v) is 11.0. The van der Waals surface area contributed by atoms with Crippen LogP contribution in [0.3, 0.4) is 0 Å². The van der Waals surface area contributed by atoms with Crippen LogP contribution in [0.1, 0.15) is 19.4 Å². The lowest BCUT2D eigenvalue weighted by atomic mass is 10.1. The zero-order valence-corrected chi connectivity index (χ0v) is 22.0. The molecule has 0 aliphatic carbocycles. The van der Waals surface area contributed by atoms with Crippen LogP contribution >= 0.6 is 23.2 Å². The van der Waals surface area contributed by atoms with E-state index in [0.717, 1.165) is 15.1 Å². The van der Waals surface area contributed by atoms with Crippen LogP contribution in [0.15, 0.2) is 65.6 Å². The lowest BCUT2D eigenvalue weighted by molar-refractivity contribution is -0.140. The number of carbonyl (C=O) groups excluding carboxylic acids is 2. The summed E-state index contributed by atoms with van der Waals surface area (Å²) in [6.45, 7) is 3.31. The topological polar surface area (TPSA) is 86.8 Å². The van der Waals surface area contributed by atoms with Crippen LogP contribution in [0.25, 0.3) is 10.8 Å². The Morgan fingerprint density at radius 2 is 1.69 bits per heavy atom. The Morgan fingerprint density at radius 3 is 2.34 bits per heavy atom. The number of nitrogens with zero attached hydrogens (tertiary/aromatic N) is 2. The summed E-state index contributed by atoms with van der Waals surface area (Å²) in [5.41, 5.74) is 0.584. The van der Waals surface area contributed by atoms with Crippen LogP contribution < -0.4 is 5.32 Å². The Morgan fingerprint density at radius 1 is 1.00 bits per heavy atom. The average Bonchev–Trinajstić information content (AvgIpc) is 2.82. The number of halogens is 2. The zero-order valence-electron chi connectivity index (χ0n) is 19.7. The van der Waals surface area contributed by atoms with Crippen LogP contribution in [0.5, 0.6) is 0 Å². The molecule has 0 spiro atoms. The van der Waals surface area contributed by atoms with Crippen molar-refractivity contribution < 1.29 is 18.0 Å². The molecule has 0 fully saturated rings. The number of hydrogen-bond acceptors (Lipinski definition) is 4. The predicted octanol–water partition coefficient (Wildman–Crippen LogP) is 4.32. The van der Waals surface area contributed by atoms with Crippen molar-refractivity contribution in [2.45, 2.75) is 31.3 Å². The molecule has 35 heavy (non-hydrogen) atoms. The van der Waals surface area contributed by atoms with E-state index in [4.69, 9.17) is 23.2 Å². The van der Waals surface area contributed by atoms with Crippen LogP contribution in [0.2, 0.25) is 10.0 Å². The minimum atomic E-state index is -3.96. The van der Waals surface area contributed by atoms with Crippen molar-refractivity contribution in [3.05, 3.63) is 76.3 Å². The summed E-state index contributed by atoms with van der Waals surface area (Å²) in [6, 6.07) is 16.2. The monoisotopic (exact) mass is 535 g/mol. The Kier molecular flexibility index (Phi) is 8.77. The van der Waals surface area contributed by atoms with Gasteiger partial charge in [0.05, 0.1) is 11.4 Å². The van der Waals surface area contributed by atoms with Gasteiger partial charge in [0.25, 0.3) is 0 Å². The maximum atomic E-state index is 13.3. The SMILES string of the molecule is CCNC(=O)C(C)N(Cc1ccc(Cl)cc1Cl)C(=O)CN(C)S(=O)(=O)c1ccc2ccccc2c1. The van der Waals surface area contributed by atoms with Gasteiger partial charge < -0.3 is 10.2 Å². The number of sulfonamides is 1. The van der Waals surface area contributed by atoms with Gasteiger partial charge in [0.1, 0.15) is 6.04 Å². The summed E-state index contributed by atoms with van der Waals surface area (Å²) in [7, 11) is -2.62. The van der Waals surface area contributed by atoms with Crippen molar-refractivity contribution in [3.63, 3.8) is 0 Å². The van der Waals surface area contributed by atoms with Gasteiger partial charge in [0, 0.05) is 30.2 Å². The maximum Gasteiger partial charge on any atom is 0.243 e. The van der Waals surface area contributed by atoms with Gasteiger partial charge in [-0.2, -0.15) is 4.31 Å². The molecule has 0 aromatic heterocycles. The summed E-state index contributed by atoms with van der Waals surface area (Å²) in [5, 5.41) is 5.16. The molecule has 3 aromatic rings. The Balaban J connectivity index is 1.87. The van der Waals surface area contributed by atoms with Gasteiger partial charge in [0.15, 0.2) is 0 Å². The molecule has 0 radical (unpaired) electrons. The van der Waals surface area contributed by atoms with Crippen LogP contribution in [0, 0.1) is 0 Å². The number of amides is 2. The number of benzene rings is 3. The molecule has 10 heteroatoms. The largest absolute Gasteiger partial charge is 0.355 e. The van der Waals surface area contributed by atoms with Gasteiger partial charge in [-0.25, -0.2) is 8.42 Å². The van der Waals surface area contributed by atoms with Gasteiger partial charge >= 0.3 is 0 Å². The smallest absolute Gasteiger partial charge is 0.243 e. The quantitative estimate of drug-likeness (QED) is 0.442. The fourth-order valence-corrected chi connectivity index (χ4v) is 5.24. The molecule has 0 saturated heterocycles. The maximum absolute atomic E-state index is 13.3. The van der Waals surface area contributed by atoms with E-state index in [9.17, 15) is 18.0 Å². The van der Waals surface area contributed by atoms with E-state index >= 15 is 0 Å². The normalized spacial score (nSPS) is 12.5. The molecule has 1 atom stereocenters. The summed E-state index contributed by atoms with van der Waals surface area (Å²) in [4.78, 5) is 27.3. The fourth-order valence-electron chi connectivity index (χ4n) is 3.61. The third-order valence-corrected chi connectivity index (χ3v) is 8.05. The predicted molar refractivity (Wildman–Crippen MR) is 139 cm³/mol. The second-order valence-electron chi connectivity index (χ2n) is 8.10. The van der Waals surface area contributed by atoms with E-state index in [-0.39, 0.29) is 17.3 Å². The molecule has 2 amide bonds. The average molecular weight is 536 g/mol. The first-order chi connectivity index (χ1) is 16.5. The molecule has 0 aliphatic heterocycles. The first kappa shape index (κ1) is 26.9. The van der Waals surface area contributed by atoms with E-state index in [1.54, 1.807) is 44.2 Å². The van der Waals surface area contributed by atoms with Gasteiger partial charge in [0.2, 0.25) is 21.8 Å². The molecule has 0 heterocycles. The third kappa shape index (κ3) is 6.32. The molecule has 3 rings (SSSR count). The number of fused-ring (bicyclic) bond motifs is 1.